The van der Waals surface area contributed by atoms with E-state index in [1.807, 2.05) is 36.4 Å². The molecule has 0 atom stereocenters. The van der Waals surface area contributed by atoms with Crippen molar-refractivity contribution in [1.29, 1.82) is 0 Å². The zero-order valence-corrected chi connectivity index (χ0v) is 8.07. The van der Waals surface area contributed by atoms with Gasteiger partial charge in [-0.15, -0.1) is 0 Å². The monoisotopic (exact) mass is 172 g/mol. The normalized spacial score (nSPS) is 10.3. The van der Waals surface area contributed by atoms with Crippen LogP contribution in [0.5, 0.6) is 0 Å². The van der Waals surface area contributed by atoms with Gasteiger partial charge >= 0.3 is 0 Å². The summed E-state index contributed by atoms with van der Waals surface area (Å²) in [7, 11) is 2.00. The molecule has 0 unspecified atom stereocenters. The van der Waals surface area contributed by atoms with Crippen molar-refractivity contribution >= 4 is 5.69 Å². The molecule has 67 valence electrons. The number of aryl methyl sites for hydroxylation is 1. The predicted octanol–water partition coefficient (Wildman–Crippen LogP) is 2.93. The van der Waals surface area contributed by atoms with Gasteiger partial charge in [0.1, 0.15) is 0 Å². The third-order valence-corrected chi connectivity index (χ3v) is 1.92. The summed E-state index contributed by atoms with van der Waals surface area (Å²) in [6.07, 6.45) is 5.27. The largest absolute Gasteiger partial charge is 0.351 e. The van der Waals surface area contributed by atoms with Gasteiger partial charge < -0.3 is 4.90 Å². The average molecular weight is 172 g/mol. The highest BCUT2D eigenvalue weighted by molar-refractivity contribution is 5.54. The highest BCUT2D eigenvalue weighted by atomic mass is 15.1. The molecule has 0 aliphatic carbocycles. The Balaban J connectivity index is 2.88. The number of para-hydroxylation sites is 1. The molecule has 0 bridgehead atoms. The molecule has 1 aromatic carbocycles. The van der Waals surface area contributed by atoms with Crippen molar-refractivity contribution in [2.24, 2.45) is 0 Å². The van der Waals surface area contributed by atoms with Gasteiger partial charge in [-0.3, -0.25) is 0 Å². The van der Waals surface area contributed by atoms with Crippen LogP contribution in [0.15, 0.2) is 42.6 Å². The Kier molecular flexibility index (Phi) is 3.32. The fourth-order valence-corrected chi connectivity index (χ4v) is 1.22. The van der Waals surface area contributed by atoms with E-state index in [2.05, 4.69) is 19.1 Å². The SMILES string of the molecule is [CH]=CC=CN(C)c1ccccc1C. The van der Waals surface area contributed by atoms with E-state index in [0.717, 1.165) is 0 Å². The molecule has 1 radical (unpaired) electrons. The highest BCUT2D eigenvalue weighted by Crippen LogP contribution is 2.17. The summed E-state index contributed by atoms with van der Waals surface area (Å²) in [5, 5.41) is 0. The summed E-state index contributed by atoms with van der Waals surface area (Å²) < 4.78 is 0. The molecular weight excluding hydrogens is 158 g/mol. The van der Waals surface area contributed by atoms with Gasteiger partial charge in [0.05, 0.1) is 0 Å². The Morgan fingerprint density at radius 2 is 2.00 bits per heavy atom. The number of benzene rings is 1. The van der Waals surface area contributed by atoms with Crippen LogP contribution >= 0.6 is 0 Å². The van der Waals surface area contributed by atoms with E-state index in [0.29, 0.717) is 0 Å². The van der Waals surface area contributed by atoms with Gasteiger partial charge in [-0.25, -0.2) is 0 Å². The van der Waals surface area contributed by atoms with Crippen molar-refractivity contribution in [3.05, 3.63) is 54.8 Å². The van der Waals surface area contributed by atoms with Crippen LogP contribution in [0.25, 0.3) is 0 Å². The summed E-state index contributed by atoms with van der Waals surface area (Å²) >= 11 is 0. The zero-order valence-electron chi connectivity index (χ0n) is 8.07. The van der Waals surface area contributed by atoms with Crippen molar-refractivity contribution in [1.82, 2.24) is 0 Å². The molecule has 1 rings (SSSR count). The fourth-order valence-electron chi connectivity index (χ4n) is 1.22. The second-order valence-electron chi connectivity index (χ2n) is 2.93. The van der Waals surface area contributed by atoms with E-state index >= 15 is 0 Å². The molecule has 0 N–H and O–H groups in total. The quantitative estimate of drug-likeness (QED) is 0.634. The Morgan fingerprint density at radius 1 is 1.31 bits per heavy atom. The molecule has 1 nitrogen and oxygen atoms in total. The third kappa shape index (κ3) is 2.48. The van der Waals surface area contributed by atoms with Crippen LogP contribution in [-0.2, 0) is 0 Å². The molecule has 0 heterocycles. The fraction of sp³-hybridized carbons (Fsp3) is 0.167. The van der Waals surface area contributed by atoms with Gasteiger partial charge in [0.25, 0.3) is 0 Å². The molecule has 0 saturated heterocycles. The minimum absolute atomic E-state index is 1.20. The Bertz CT molecular complexity index is 313. The van der Waals surface area contributed by atoms with Gasteiger partial charge in [-0.1, -0.05) is 30.9 Å². The second kappa shape index (κ2) is 4.51. The topological polar surface area (TPSA) is 3.24 Å². The summed E-state index contributed by atoms with van der Waals surface area (Å²) in [6.45, 7) is 7.34. The van der Waals surface area contributed by atoms with Crippen molar-refractivity contribution < 1.29 is 0 Å². The van der Waals surface area contributed by atoms with Crippen LogP contribution < -0.4 is 4.90 Å². The summed E-state index contributed by atoms with van der Waals surface area (Å²) in [5.74, 6) is 0. The number of allylic oxidation sites excluding steroid dienone is 2. The van der Waals surface area contributed by atoms with E-state index in [4.69, 9.17) is 6.58 Å². The van der Waals surface area contributed by atoms with Crippen molar-refractivity contribution in [3.63, 3.8) is 0 Å². The minimum Gasteiger partial charge on any atom is -0.351 e. The summed E-state index contributed by atoms with van der Waals surface area (Å²) in [5.41, 5.74) is 2.45. The number of hydrogen-bond acceptors (Lipinski definition) is 1. The molecule has 0 saturated carbocycles. The van der Waals surface area contributed by atoms with Gasteiger partial charge in [0.2, 0.25) is 0 Å². The van der Waals surface area contributed by atoms with Crippen molar-refractivity contribution in [2.45, 2.75) is 6.92 Å². The minimum atomic E-state index is 1.20. The van der Waals surface area contributed by atoms with E-state index in [1.165, 1.54) is 17.3 Å². The van der Waals surface area contributed by atoms with Crippen LogP contribution in [0.4, 0.5) is 5.69 Å². The Hall–Kier alpha value is -1.50. The second-order valence-corrected chi connectivity index (χ2v) is 2.93. The van der Waals surface area contributed by atoms with Crippen LogP contribution in [0, 0.1) is 13.5 Å². The maximum atomic E-state index is 5.25. The number of nitrogens with zero attached hydrogens (tertiary/aromatic N) is 1. The Labute approximate surface area is 80.0 Å². The zero-order chi connectivity index (χ0) is 9.68. The number of rotatable bonds is 3. The van der Waals surface area contributed by atoms with Crippen LogP contribution in [0.1, 0.15) is 5.56 Å². The molecule has 13 heavy (non-hydrogen) atoms. The van der Waals surface area contributed by atoms with Crippen molar-refractivity contribution in [2.75, 3.05) is 11.9 Å². The van der Waals surface area contributed by atoms with Gasteiger partial charge in [0, 0.05) is 18.9 Å². The lowest BCUT2D eigenvalue weighted by molar-refractivity contribution is 1.18. The number of anilines is 1. The third-order valence-electron chi connectivity index (χ3n) is 1.92. The predicted molar refractivity (Wildman–Crippen MR) is 57.6 cm³/mol. The lowest BCUT2D eigenvalue weighted by Gasteiger charge is -2.16. The molecule has 0 fully saturated rings. The maximum Gasteiger partial charge on any atom is 0.0433 e. The molecular formula is C12H14N. The first-order chi connectivity index (χ1) is 6.25. The van der Waals surface area contributed by atoms with Gasteiger partial charge in [-0.2, -0.15) is 0 Å². The lowest BCUT2D eigenvalue weighted by atomic mass is 10.2. The summed E-state index contributed by atoms with van der Waals surface area (Å²) in [6, 6.07) is 8.23. The van der Waals surface area contributed by atoms with Gasteiger partial charge in [-0.05, 0) is 24.6 Å². The van der Waals surface area contributed by atoms with E-state index in [1.54, 1.807) is 0 Å². The number of hydrogen-bond donors (Lipinski definition) is 0. The first-order valence-corrected chi connectivity index (χ1v) is 4.26. The smallest absolute Gasteiger partial charge is 0.0433 e. The molecule has 1 heteroatoms. The van der Waals surface area contributed by atoms with E-state index in [-0.39, 0.29) is 0 Å². The summed E-state index contributed by atoms with van der Waals surface area (Å²) in [4.78, 5) is 2.04. The van der Waals surface area contributed by atoms with Crippen molar-refractivity contribution in [3.8, 4) is 0 Å². The highest BCUT2D eigenvalue weighted by Gasteiger charge is 1.98. The first kappa shape index (κ1) is 9.59. The maximum absolute atomic E-state index is 5.25. The van der Waals surface area contributed by atoms with E-state index < -0.39 is 0 Å². The average Bonchev–Trinajstić information content (AvgIpc) is 2.15. The van der Waals surface area contributed by atoms with Crippen LogP contribution in [0.3, 0.4) is 0 Å². The standard InChI is InChI=1S/C12H14N/c1-4-5-10-13(3)12-9-7-6-8-11(12)2/h1,4-10H,2-3H3. The van der Waals surface area contributed by atoms with E-state index in [9.17, 15) is 0 Å². The van der Waals surface area contributed by atoms with Crippen LogP contribution in [0.2, 0.25) is 0 Å². The molecule has 0 amide bonds. The molecule has 0 aromatic heterocycles. The molecule has 0 aliphatic heterocycles. The molecule has 0 spiro atoms. The van der Waals surface area contributed by atoms with Gasteiger partial charge in [0.15, 0.2) is 0 Å². The van der Waals surface area contributed by atoms with Crippen LogP contribution in [-0.4, -0.2) is 7.05 Å². The molecule has 1 aromatic rings. The molecule has 0 aliphatic rings. The Morgan fingerprint density at radius 3 is 2.62 bits per heavy atom. The first-order valence-electron chi connectivity index (χ1n) is 4.26. The lowest BCUT2D eigenvalue weighted by Crippen LogP contribution is -2.08.